The van der Waals surface area contributed by atoms with Gasteiger partial charge in [-0.25, -0.2) is 0 Å². The SMILES string of the molecule is CC1CCC(C(C)C)CC1.[Cl-].[Cl-].[Ru+2].c1ccc(P(c2ccccc2)c2ccccc2)cc1. The third kappa shape index (κ3) is 9.65. The summed E-state index contributed by atoms with van der Waals surface area (Å²) in [5.41, 5.74) is 0. The third-order valence-electron chi connectivity index (χ3n) is 6.05. The molecule has 0 nitrogen and oxygen atoms in total. The molecule has 32 heavy (non-hydrogen) atoms. The molecule has 1 aliphatic carbocycles. The molecule has 174 valence electrons. The molecule has 0 aliphatic heterocycles. The van der Waals surface area contributed by atoms with Crippen LogP contribution >= 0.6 is 7.92 Å². The van der Waals surface area contributed by atoms with E-state index in [4.69, 9.17) is 0 Å². The van der Waals surface area contributed by atoms with E-state index in [2.05, 4.69) is 112 Å². The van der Waals surface area contributed by atoms with Gasteiger partial charge >= 0.3 is 19.5 Å². The molecular weight excluding hydrogens is 539 g/mol. The van der Waals surface area contributed by atoms with Gasteiger partial charge in [0.2, 0.25) is 0 Å². The van der Waals surface area contributed by atoms with Crippen LogP contribution in [0.15, 0.2) is 91.0 Å². The topological polar surface area (TPSA) is 0 Å². The molecule has 3 aromatic rings. The van der Waals surface area contributed by atoms with Crippen molar-refractivity contribution in [2.24, 2.45) is 17.8 Å². The Balaban J connectivity index is 0.000000642. The van der Waals surface area contributed by atoms with Crippen molar-refractivity contribution in [1.29, 1.82) is 0 Å². The third-order valence-corrected chi connectivity index (χ3v) is 8.49. The Morgan fingerprint density at radius 2 is 0.906 bits per heavy atom. The van der Waals surface area contributed by atoms with Crippen molar-refractivity contribution in [3.8, 4) is 0 Å². The molecule has 0 heterocycles. The van der Waals surface area contributed by atoms with Crippen LogP contribution in [-0.4, -0.2) is 0 Å². The molecule has 1 fully saturated rings. The minimum atomic E-state index is -0.446. The van der Waals surface area contributed by atoms with Crippen LogP contribution in [-0.2, 0) is 19.5 Å². The molecule has 0 saturated heterocycles. The van der Waals surface area contributed by atoms with Crippen molar-refractivity contribution in [3.63, 3.8) is 0 Å². The van der Waals surface area contributed by atoms with Gasteiger partial charge in [-0.1, -0.05) is 125 Å². The molecule has 0 N–H and O–H groups in total. The predicted octanol–water partition coefficient (Wildman–Crippen LogP) is 0.919. The van der Waals surface area contributed by atoms with E-state index in [0.29, 0.717) is 0 Å². The average Bonchev–Trinajstić information content (AvgIpc) is 2.77. The van der Waals surface area contributed by atoms with Crippen molar-refractivity contribution >= 4 is 23.8 Å². The van der Waals surface area contributed by atoms with Gasteiger partial charge in [0, 0.05) is 0 Å². The van der Waals surface area contributed by atoms with Crippen molar-refractivity contribution in [1.82, 2.24) is 0 Å². The summed E-state index contributed by atoms with van der Waals surface area (Å²) in [6, 6.07) is 32.3. The largest absolute Gasteiger partial charge is 2.00 e. The van der Waals surface area contributed by atoms with Gasteiger partial charge in [0.05, 0.1) is 0 Å². The fourth-order valence-corrected chi connectivity index (χ4v) is 6.44. The summed E-state index contributed by atoms with van der Waals surface area (Å²) in [5.74, 6) is 2.97. The summed E-state index contributed by atoms with van der Waals surface area (Å²) in [6.45, 7) is 7.11. The molecule has 3 aromatic carbocycles. The van der Waals surface area contributed by atoms with E-state index in [-0.39, 0.29) is 44.3 Å². The number of halogens is 2. The summed E-state index contributed by atoms with van der Waals surface area (Å²) < 4.78 is 0. The van der Waals surface area contributed by atoms with E-state index in [9.17, 15) is 0 Å². The second-order valence-electron chi connectivity index (χ2n) is 8.61. The van der Waals surface area contributed by atoms with Crippen LogP contribution in [0.2, 0.25) is 0 Å². The van der Waals surface area contributed by atoms with Gasteiger partial charge in [0.15, 0.2) is 0 Å². The zero-order chi connectivity index (χ0) is 20.5. The number of rotatable bonds is 4. The molecule has 0 unspecified atom stereocenters. The minimum absolute atomic E-state index is 0. The van der Waals surface area contributed by atoms with Gasteiger partial charge < -0.3 is 24.8 Å². The number of benzene rings is 3. The average molecular weight is 575 g/mol. The first kappa shape index (κ1) is 31.3. The van der Waals surface area contributed by atoms with Crippen molar-refractivity contribution in [2.75, 3.05) is 0 Å². The first-order chi connectivity index (χ1) is 14.1. The zero-order valence-electron chi connectivity index (χ0n) is 19.3. The first-order valence-electron chi connectivity index (χ1n) is 11.1. The summed E-state index contributed by atoms with van der Waals surface area (Å²) >= 11 is 0. The van der Waals surface area contributed by atoms with Crippen molar-refractivity contribution in [2.45, 2.75) is 46.5 Å². The summed E-state index contributed by atoms with van der Waals surface area (Å²) in [6.07, 6.45) is 5.92. The number of hydrogen-bond donors (Lipinski definition) is 0. The van der Waals surface area contributed by atoms with Crippen LogP contribution in [0, 0.1) is 17.8 Å². The summed E-state index contributed by atoms with van der Waals surface area (Å²) in [7, 11) is -0.446. The molecule has 0 aromatic heterocycles. The van der Waals surface area contributed by atoms with Crippen molar-refractivity contribution in [3.05, 3.63) is 91.0 Å². The van der Waals surface area contributed by atoms with Crippen molar-refractivity contribution < 1.29 is 44.3 Å². The fourth-order valence-electron chi connectivity index (χ4n) is 4.13. The second-order valence-corrected chi connectivity index (χ2v) is 10.8. The Morgan fingerprint density at radius 1 is 0.594 bits per heavy atom. The van der Waals surface area contributed by atoms with Gasteiger partial charge in [-0.3, -0.25) is 0 Å². The van der Waals surface area contributed by atoms with E-state index in [1.165, 1.54) is 41.6 Å². The molecule has 4 rings (SSSR count). The molecule has 0 bridgehead atoms. The Labute approximate surface area is 222 Å². The minimum Gasteiger partial charge on any atom is -1.00 e. The molecular formula is C28H35Cl2PRu. The normalized spacial score (nSPS) is 17.2. The predicted molar refractivity (Wildman–Crippen MR) is 131 cm³/mol. The Hall–Kier alpha value is -0.707. The molecule has 0 atom stereocenters. The molecule has 0 spiro atoms. The Bertz CT molecular complexity index is 726. The van der Waals surface area contributed by atoms with Gasteiger partial charge in [0.25, 0.3) is 0 Å². The Morgan fingerprint density at radius 3 is 1.19 bits per heavy atom. The Kier molecular flexibility index (Phi) is 16.5. The molecule has 1 aliphatic rings. The summed E-state index contributed by atoms with van der Waals surface area (Å²) in [4.78, 5) is 0. The maximum atomic E-state index is 2.39. The quantitative estimate of drug-likeness (QED) is 0.322. The van der Waals surface area contributed by atoms with Gasteiger partial charge in [-0.15, -0.1) is 0 Å². The number of hydrogen-bond acceptors (Lipinski definition) is 0. The van der Waals surface area contributed by atoms with Crippen LogP contribution in [0.1, 0.15) is 46.5 Å². The van der Waals surface area contributed by atoms with Gasteiger partial charge in [-0.2, -0.15) is 0 Å². The van der Waals surface area contributed by atoms with Crippen LogP contribution in [0.5, 0.6) is 0 Å². The van der Waals surface area contributed by atoms with Crippen LogP contribution < -0.4 is 40.7 Å². The maximum absolute atomic E-state index is 2.39. The zero-order valence-corrected chi connectivity index (χ0v) is 23.4. The maximum Gasteiger partial charge on any atom is 2.00 e. The van der Waals surface area contributed by atoms with E-state index in [1.807, 2.05) is 0 Å². The van der Waals surface area contributed by atoms with E-state index < -0.39 is 7.92 Å². The molecule has 0 amide bonds. The van der Waals surface area contributed by atoms with Crippen LogP contribution in [0.4, 0.5) is 0 Å². The van der Waals surface area contributed by atoms with E-state index >= 15 is 0 Å². The van der Waals surface area contributed by atoms with Crippen LogP contribution in [0.25, 0.3) is 0 Å². The fraction of sp³-hybridized carbons (Fsp3) is 0.357. The standard InChI is InChI=1S/C18H15P.C10H20.2ClH.Ru/c1-4-10-16(11-5-1)19(17-12-6-2-7-13-17)18-14-8-3-9-15-18;1-8(2)10-6-4-9(3)5-7-10;;;/h1-15H;8-10H,4-7H2,1-3H3;2*1H;/q;;;;+2/p-2. The van der Waals surface area contributed by atoms with Gasteiger partial charge in [0.1, 0.15) is 0 Å². The van der Waals surface area contributed by atoms with E-state index in [1.54, 1.807) is 0 Å². The molecule has 0 radical (unpaired) electrons. The second kappa shape index (κ2) is 16.8. The van der Waals surface area contributed by atoms with Gasteiger partial charge in [-0.05, 0) is 54.4 Å². The first-order valence-corrected chi connectivity index (χ1v) is 12.4. The smallest absolute Gasteiger partial charge is 1.00 e. The summed E-state index contributed by atoms with van der Waals surface area (Å²) in [5, 5.41) is 4.19. The van der Waals surface area contributed by atoms with E-state index in [0.717, 1.165) is 17.8 Å². The monoisotopic (exact) mass is 574 g/mol. The molecule has 1 saturated carbocycles. The van der Waals surface area contributed by atoms with Crippen LogP contribution in [0.3, 0.4) is 0 Å². The molecule has 4 heteroatoms.